The number of para-hydroxylation sites is 1. The van der Waals surface area contributed by atoms with E-state index in [-0.39, 0.29) is 23.6 Å². The first kappa shape index (κ1) is 14.6. The monoisotopic (exact) mass is 276 g/mol. The van der Waals surface area contributed by atoms with Crippen molar-refractivity contribution in [1.82, 2.24) is 0 Å². The van der Waals surface area contributed by atoms with Crippen molar-refractivity contribution in [3.05, 3.63) is 29.8 Å². The van der Waals surface area contributed by atoms with E-state index in [2.05, 4.69) is 0 Å². The molecule has 2 rings (SSSR count). The fourth-order valence-electron chi connectivity index (χ4n) is 2.83. The number of esters is 1. The molecule has 0 unspecified atom stereocenters. The summed E-state index contributed by atoms with van der Waals surface area (Å²) in [5.74, 6) is 0.500. The minimum Gasteiger partial charge on any atom is -0.496 e. The first-order chi connectivity index (χ1) is 9.67. The van der Waals surface area contributed by atoms with Gasteiger partial charge in [-0.25, -0.2) is 0 Å². The molecule has 1 aliphatic rings. The van der Waals surface area contributed by atoms with E-state index in [0.29, 0.717) is 11.3 Å². The Morgan fingerprint density at radius 2 is 1.60 bits per heavy atom. The highest BCUT2D eigenvalue weighted by atomic mass is 16.5. The summed E-state index contributed by atoms with van der Waals surface area (Å²) in [5.41, 5.74) is 0.636. The summed E-state index contributed by atoms with van der Waals surface area (Å²) in [5, 5.41) is 0. The third-order valence-corrected chi connectivity index (χ3v) is 4.00. The summed E-state index contributed by atoms with van der Waals surface area (Å²) >= 11 is 0. The zero-order valence-corrected chi connectivity index (χ0v) is 11.9. The van der Waals surface area contributed by atoms with Crippen LogP contribution in [-0.4, -0.2) is 26.0 Å². The molecule has 20 heavy (non-hydrogen) atoms. The van der Waals surface area contributed by atoms with Gasteiger partial charge in [-0.15, -0.1) is 0 Å². The van der Waals surface area contributed by atoms with Crippen LogP contribution in [0.4, 0.5) is 0 Å². The van der Waals surface area contributed by atoms with Crippen molar-refractivity contribution in [2.45, 2.75) is 25.7 Å². The van der Waals surface area contributed by atoms with Gasteiger partial charge in [0.2, 0.25) is 0 Å². The van der Waals surface area contributed by atoms with Gasteiger partial charge >= 0.3 is 5.97 Å². The molecule has 4 heteroatoms. The van der Waals surface area contributed by atoms with Gasteiger partial charge in [-0.1, -0.05) is 12.1 Å². The summed E-state index contributed by atoms with van der Waals surface area (Å²) in [6, 6.07) is 7.29. The van der Waals surface area contributed by atoms with Crippen LogP contribution in [0.15, 0.2) is 24.3 Å². The second-order valence-corrected chi connectivity index (χ2v) is 5.14. The predicted octanol–water partition coefficient (Wildman–Crippen LogP) is 2.86. The largest absolute Gasteiger partial charge is 0.496 e. The topological polar surface area (TPSA) is 52.6 Å². The molecule has 1 aromatic carbocycles. The van der Waals surface area contributed by atoms with Crippen LogP contribution >= 0.6 is 0 Å². The highest BCUT2D eigenvalue weighted by Gasteiger charge is 2.31. The molecule has 4 nitrogen and oxygen atoms in total. The van der Waals surface area contributed by atoms with Crippen LogP contribution in [0.1, 0.15) is 36.0 Å². The van der Waals surface area contributed by atoms with Gasteiger partial charge in [0.05, 0.1) is 25.7 Å². The van der Waals surface area contributed by atoms with Gasteiger partial charge in [0.15, 0.2) is 5.78 Å². The van der Waals surface area contributed by atoms with Gasteiger partial charge in [-0.05, 0) is 37.8 Å². The van der Waals surface area contributed by atoms with Crippen LogP contribution < -0.4 is 4.74 Å². The molecule has 1 aromatic rings. The number of hydrogen-bond acceptors (Lipinski definition) is 4. The summed E-state index contributed by atoms with van der Waals surface area (Å²) in [6.07, 6.45) is 2.91. The Bertz CT molecular complexity index is 487. The fourth-order valence-corrected chi connectivity index (χ4v) is 2.83. The maximum absolute atomic E-state index is 12.5. The third-order valence-electron chi connectivity index (χ3n) is 4.00. The molecule has 0 N–H and O–H groups in total. The van der Waals surface area contributed by atoms with Crippen LogP contribution in [0.5, 0.6) is 5.75 Å². The Balaban J connectivity index is 2.03. The molecule has 0 radical (unpaired) electrons. The summed E-state index contributed by atoms with van der Waals surface area (Å²) in [6.45, 7) is 0. The number of ketones is 1. The molecule has 0 saturated heterocycles. The third kappa shape index (κ3) is 3.00. The average Bonchev–Trinajstić information content (AvgIpc) is 2.53. The molecular formula is C16H20O4. The van der Waals surface area contributed by atoms with Crippen LogP contribution in [0.2, 0.25) is 0 Å². The molecule has 1 saturated carbocycles. The lowest BCUT2D eigenvalue weighted by Gasteiger charge is -2.26. The second-order valence-electron chi connectivity index (χ2n) is 5.14. The average molecular weight is 276 g/mol. The maximum atomic E-state index is 12.5. The molecule has 1 aliphatic carbocycles. The first-order valence-corrected chi connectivity index (χ1v) is 6.92. The van der Waals surface area contributed by atoms with Crippen molar-refractivity contribution in [1.29, 1.82) is 0 Å². The molecule has 0 aromatic heterocycles. The number of carbonyl (C=O) groups excluding carboxylic acids is 2. The zero-order valence-electron chi connectivity index (χ0n) is 11.9. The Morgan fingerprint density at radius 1 is 1.00 bits per heavy atom. The molecule has 108 valence electrons. The molecule has 0 heterocycles. The van der Waals surface area contributed by atoms with Gasteiger partial charge < -0.3 is 9.47 Å². The fraction of sp³-hybridized carbons (Fsp3) is 0.500. The van der Waals surface area contributed by atoms with E-state index >= 15 is 0 Å². The molecule has 1 fully saturated rings. The standard InChI is InChI=1S/C16H20O4/c1-19-14-6-4-3-5-13(14)15(17)11-7-9-12(10-8-11)16(18)20-2/h3-6,11-12H,7-10H2,1-2H3. The molecule has 0 spiro atoms. The van der Waals surface area contributed by atoms with Crippen LogP contribution in [-0.2, 0) is 9.53 Å². The number of benzene rings is 1. The summed E-state index contributed by atoms with van der Waals surface area (Å²) in [7, 11) is 2.98. The van der Waals surface area contributed by atoms with E-state index in [9.17, 15) is 9.59 Å². The first-order valence-electron chi connectivity index (χ1n) is 6.92. The Labute approximate surface area is 119 Å². The Kier molecular flexibility index (Phi) is 4.77. The van der Waals surface area contributed by atoms with E-state index in [1.54, 1.807) is 19.2 Å². The number of hydrogen-bond donors (Lipinski definition) is 0. The van der Waals surface area contributed by atoms with Gasteiger partial charge in [-0.3, -0.25) is 9.59 Å². The quantitative estimate of drug-likeness (QED) is 0.627. The van der Waals surface area contributed by atoms with Gasteiger partial charge in [0.25, 0.3) is 0 Å². The van der Waals surface area contributed by atoms with Crippen molar-refractivity contribution in [2.24, 2.45) is 11.8 Å². The van der Waals surface area contributed by atoms with Crippen molar-refractivity contribution >= 4 is 11.8 Å². The lowest BCUT2D eigenvalue weighted by Crippen LogP contribution is -2.27. The number of ether oxygens (including phenoxy) is 2. The number of Topliss-reactive ketones (excluding diaryl/α,β-unsaturated/α-hetero) is 1. The minimum atomic E-state index is -0.159. The summed E-state index contributed by atoms with van der Waals surface area (Å²) < 4.78 is 10.0. The smallest absolute Gasteiger partial charge is 0.308 e. The highest BCUT2D eigenvalue weighted by molar-refractivity contribution is 6.00. The molecule has 0 amide bonds. The Morgan fingerprint density at radius 3 is 2.20 bits per heavy atom. The number of rotatable bonds is 4. The van der Waals surface area contributed by atoms with E-state index in [4.69, 9.17) is 9.47 Å². The van der Waals surface area contributed by atoms with Crippen LogP contribution in [0.25, 0.3) is 0 Å². The van der Waals surface area contributed by atoms with Gasteiger partial charge in [0.1, 0.15) is 5.75 Å². The zero-order chi connectivity index (χ0) is 14.5. The molecule has 0 aliphatic heterocycles. The van der Waals surface area contributed by atoms with Crippen molar-refractivity contribution < 1.29 is 19.1 Å². The number of carbonyl (C=O) groups is 2. The van der Waals surface area contributed by atoms with Crippen molar-refractivity contribution in [3.8, 4) is 5.75 Å². The SMILES string of the molecule is COC(=O)C1CCC(C(=O)c2ccccc2OC)CC1. The second kappa shape index (κ2) is 6.55. The molecule has 0 bridgehead atoms. The number of methoxy groups -OCH3 is 2. The minimum absolute atomic E-state index is 0.0211. The summed E-state index contributed by atoms with van der Waals surface area (Å²) in [4.78, 5) is 24.0. The maximum Gasteiger partial charge on any atom is 0.308 e. The lowest BCUT2D eigenvalue weighted by atomic mass is 9.78. The lowest BCUT2D eigenvalue weighted by molar-refractivity contribution is -0.146. The van der Waals surface area contributed by atoms with Crippen LogP contribution in [0.3, 0.4) is 0 Å². The molecular weight excluding hydrogens is 256 g/mol. The highest BCUT2D eigenvalue weighted by Crippen LogP contribution is 2.33. The van der Waals surface area contributed by atoms with E-state index in [0.717, 1.165) is 25.7 Å². The van der Waals surface area contributed by atoms with Gasteiger partial charge in [0, 0.05) is 5.92 Å². The van der Waals surface area contributed by atoms with Crippen LogP contribution in [0, 0.1) is 11.8 Å². The molecule has 0 atom stereocenters. The predicted molar refractivity (Wildman–Crippen MR) is 74.8 cm³/mol. The Hall–Kier alpha value is -1.84. The van der Waals surface area contributed by atoms with Crippen molar-refractivity contribution in [2.75, 3.05) is 14.2 Å². The van der Waals surface area contributed by atoms with E-state index < -0.39 is 0 Å². The normalized spacial score (nSPS) is 22.1. The van der Waals surface area contributed by atoms with E-state index in [1.807, 2.05) is 12.1 Å². The van der Waals surface area contributed by atoms with E-state index in [1.165, 1.54) is 7.11 Å². The van der Waals surface area contributed by atoms with Crippen molar-refractivity contribution in [3.63, 3.8) is 0 Å². The van der Waals surface area contributed by atoms with Gasteiger partial charge in [-0.2, -0.15) is 0 Å².